The Kier molecular flexibility index (Phi) is 4.70. The highest BCUT2D eigenvalue weighted by molar-refractivity contribution is 7.11. The molecule has 0 saturated heterocycles. The molecule has 0 bridgehead atoms. The third-order valence-corrected chi connectivity index (χ3v) is 3.90. The van der Waals surface area contributed by atoms with Crippen molar-refractivity contribution in [2.24, 2.45) is 0 Å². The van der Waals surface area contributed by atoms with E-state index in [4.69, 9.17) is 0 Å². The highest BCUT2D eigenvalue weighted by Gasteiger charge is 2.10. The van der Waals surface area contributed by atoms with E-state index in [2.05, 4.69) is 48.0 Å². The predicted molar refractivity (Wildman–Crippen MR) is 84.4 cm³/mol. The lowest BCUT2D eigenvalue weighted by Gasteiger charge is -2.13. The summed E-state index contributed by atoms with van der Waals surface area (Å²) in [6.45, 7) is 11.3. The van der Waals surface area contributed by atoms with E-state index >= 15 is 0 Å². The number of aryl methyl sites for hydroxylation is 1. The van der Waals surface area contributed by atoms with Crippen molar-refractivity contribution >= 4 is 17.2 Å². The van der Waals surface area contributed by atoms with E-state index in [-0.39, 0.29) is 0 Å². The van der Waals surface area contributed by atoms with Crippen LogP contribution in [0.1, 0.15) is 60.9 Å². The molecule has 0 atom stereocenters. The number of nitrogens with one attached hydrogen (secondary N) is 1. The Labute approximate surface area is 124 Å². The van der Waals surface area contributed by atoms with Crippen LogP contribution in [-0.2, 0) is 6.54 Å². The van der Waals surface area contributed by atoms with Crippen LogP contribution in [0.2, 0.25) is 0 Å². The Morgan fingerprint density at radius 1 is 1.15 bits per heavy atom. The Morgan fingerprint density at radius 2 is 1.90 bits per heavy atom. The van der Waals surface area contributed by atoms with Crippen LogP contribution >= 0.6 is 11.3 Å². The molecule has 0 aliphatic heterocycles. The van der Waals surface area contributed by atoms with Crippen molar-refractivity contribution in [2.75, 3.05) is 5.32 Å². The Hall–Kier alpha value is -1.49. The van der Waals surface area contributed by atoms with Gasteiger partial charge < -0.3 is 5.32 Å². The summed E-state index contributed by atoms with van der Waals surface area (Å²) in [5, 5.41) is 4.48. The highest BCUT2D eigenvalue weighted by atomic mass is 32.1. The van der Waals surface area contributed by atoms with Gasteiger partial charge >= 0.3 is 0 Å². The summed E-state index contributed by atoms with van der Waals surface area (Å²) in [6.07, 6.45) is 1.92. The van der Waals surface area contributed by atoms with Crippen LogP contribution in [0.5, 0.6) is 0 Å². The minimum Gasteiger partial charge on any atom is -0.365 e. The molecule has 2 aromatic rings. The number of rotatable bonds is 5. The Balaban J connectivity index is 2.17. The maximum atomic E-state index is 4.63. The lowest BCUT2D eigenvalue weighted by molar-refractivity contribution is 0.730. The number of nitrogens with zero attached hydrogens (tertiary/aromatic N) is 3. The van der Waals surface area contributed by atoms with Crippen LogP contribution in [-0.4, -0.2) is 15.0 Å². The first kappa shape index (κ1) is 14.9. The summed E-state index contributed by atoms with van der Waals surface area (Å²) in [4.78, 5) is 14.7. The lowest BCUT2D eigenvalue weighted by Crippen LogP contribution is -2.08. The van der Waals surface area contributed by atoms with E-state index in [1.807, 2.05) is 19.2 Å². The molecule has 0 aromatic carbocycles. The number of hydrogen-bond acceptors (Lipinski definition) is 5. The van der Waals surface area contributed by atoms with E-state index in [0.717, 1.165) is 28.9 Å². The number of hydrogen-bond donors (Lipinski definition) is 1. The average Bonchev–Trinajstić information content (AvgIpc) is 2.81. The monoisotopic (exact) mass is 290 g/mol. The van der Waals surface area contributed by atoms with Gasteiger partial charge in [0.1, 0.15) is 11.6 Å². The zero-order chi connectivity index (χ0) is 14.7. The predicted octanol–water partition coefficient (Wildman–Crippen LogP) is 4.10. The summed E-state index contributed by atoms with van der Waals surface area (Å²) in [6, 6.07) is 2.05. The maximum absolute atomic E-state index is 4.63. The molecule has 2 rings (SSSR count). The van der Waals surface area contributed by atoms with Gasteiger partial charge in [0.15, 0.2) is 0 Å². The molecular weight excluding hydrogens is 268 g/mol. The number of anilines is 1. The lowest BCUT2D eigenvalue weighted by atomic mass is 10.1. The summed E-state index contributed by atoms with van der Waals surface area (Å²) in [7, 11) is 0. The standard InChI is InChI=1S/C15H22N4S/c1-9(2)13-6-14(19-15(18-13)10(3)4)17-8-12-7-16-11(5)20-12/h6-7,9-10H,8H2,1-5H3,(H,17,18,19). The van der Waals surface area contributed by atoms with E-state index in [9.17, 15) is 0 Å². The molecule has 0 amide bonds. The first-order valence-electron chi connectivity index (χ1n) is 6.99. The SMILES string of the molecule is Cc1ncc(CNc2cc(C(C)C)nc(C(C)C)n2)s1. The maximum Gasteiger partial charge on any atom is 0.133 e. The largest absolute Gasteiger partial charge is 0.365 e. The molecule has 0 saturated carbocycles. The first-order valence-corrected chi connectivity index (χ1v) is 7.81. The first-order chi connectivity index (χ1) is 9.45. The van der Waals surface area contributed by atoms with Gasteiger partial charge in [0.25, 0.3) is 0 Å². The zero-order valence-corrected chi connectivity index (χ0v) is 13.6. The summed E-state index contributed by atoms with van der Waals surface area (Å²) in [5.41, 5.74) is 1.09. The van der Waals surface area contributed by atoms with E-state index in [1.165, 1.54) is 4.88 Å². The van der Waals surface area contributed by atoms with Gasteiger partial charge in [0.05, 0.1) is 11.6 Å². The molecule has 0 spiro atoms. The minimum absolute atomic E-state index is 0.333. The molecule has 2 heterocycles. The molecule has 5 heteroatoms. The van der Waals surface area contributed by atoms with Crippen LogP contribution in [0.15, 0.2) is 12.3 Å². The van der Waals surface area contributed by atoms with Crippen LogP contribution < -0.4 is 5.32 Å². The molecule has 0 aliphatic rings. The molecule has 2 aromatic heterocycles. The Morgan fingerprint density at radius 3 is 2.45 bits per heavy atom. The van der Waals surface area contributed by atoms with Gasteiger partial charge in [-0.25, -0.2) is 15.0 Å². The normalized spacial score (nSPS) is 11.3. The third-order valence-electron chi connectivity index (χ3n) is 2.98. The topological polar surface area (TPSA) is 50.7 Å². The fraction of sp³-hybridized carbons (Fsp3) is 0.533. The van der Waals surface area contributed by atoms with Crippen LogP contribution in [0.3, 0.4) is 0 Å². The van der Waals surface area contributed by atoms with Gasteiger partial charge in [-0.15, -0.1) is 11.3 Å². The van der Waals surface area contributed by atoms with E-state index < -0.39 is 0 Å². The highest BCUT2D eigenvalue weighted by Crippen LogP contribution is 2.20. The Bertz CT molecular complexity index is 549. The van der Waals surface area contributed by atoms with Crippen LogP contribution in [0, 0.1) is 6.92 Å². The second-order valence-electron chi connectivity index (χ2n) is 5.54. The van der Waals surface area contributed by atoms with Crippen molar-refractivity contribution in [1.29, 1.82) is 0 Å². The minimum atomic E-state index is 0.333. The molecule has 20 heavy (non-hydrogen) atoms. The van der Waals surface area contributed by atoms with Gasteiger partial charge in [0, 0.05) is 28.8 Å². The van der Waals surface area contributed by atoms with Gasteiger partial charge in [-0.1, -0.05) is 27.7 Å². The molecule has 0 fully saturated rings. The van der Waals surface area contributed by atoms with Crippen molar-refractivity contribution in [3.05, 3.63) is 33.7 Å². The molecule has 4 nitrogen and oxygen atoms in total. The van der Waals surface area contributed by atoms with Gasteiger partial charge in [-0.05, 0) is 12.8 Å². The van der Waals surface area contributed by atoms with Gasteiger partial charge in [-0.2, -0.15) is 0 Å². The second-order valence-corrected chi connectivity index (χ2v) is 6.86. The van der Waals surface area contributed by atoms with Crippen molar-refractivity contribution in [3.63, 3.8) is 0 Å². The molecule has 0 aliphatic carbocycles. The third kappa shape index (κ3) is 3.76. The molecule has 1 N–H and O–H groups in total. The van der Waals surface area contributed by atoms with Crippen molar-refractivity contribution in [2.45, 2.75) is 53.0 Å². The quantitative estimate of drug-likeness (QED) is 0.900. The average molecular weight is 290 g/mol. The number of aromatic nitrogens is 3. The van der Waals surface area contributed by atoms with Crippen molar-refractivity contribution in [1.82, 2.24) is 15.0 Å². The summed E-state index contributed by atoms with van der Waals surface area (Å²) >= 11 is 1.71. The van der Waals surface area contributed by atoms with Crippen molar-refractivity contribution < 1.29 is 0 Å². The number of thiazole rings is 1. The molecule has 0 unspecified atom stereocenters. The zero-order valence-electron chi connectivity index (χ0n) is 12.8. The fourth-order valence-electron chi connectivity index (χ4n) is 1.79. The van der Waals surface area contributed by atoms with Crippen LogP contribution in [0.4, 0.5) is 5.82 Å². The van der Waals surface area contributed by atoms with E-state index in [1.54, 1.807) is 11.3 Å². The summed E-state index contributed by atoms with van der Waals surface area (Å²) < 4.78 is 0. The van der Waals surface area contributed by atoms with E-state index in [0.29, 0.717) is 11.8 Å². The van der Waals surface area contributed by atoms with Gasteiger partial charge in [-0.3, -0.25) is 0 Å². The molecule has 108 valence electrons. The summed E-state index contributed by atoms with van der Waals surface area (Å²) in [5.74, 6) is 2.54. The smallest absolute Gasteiger partial charge is 0.133 e. The van der Waals surface area contributed by atoms with Gasteiger partial charge in [0.2, 0.25) is 0 Å². The molecule has 0 radical (unpaired) electrons. The fourth-order valence-corrected chi connectivity index (χ4v) is 2.53. The second kappa shape index (κ2) is 6.31. The van der Waals surface area contributed by atoms with Crippen molar-refractivity contribution in [3.8, 4) is 0 Å². The van der Waals surface area contributed by atoms with Crippen LogP contribution in [0.25, 0.3) is 0 Å². The molecular formula is C15H22N4S.